The number of nitriles is 1. The molecule has 3 N–H and O–H groups in total. The number of pyridine rings is 2. The van der Waals surface area contributed by atoms with Gasteiger partial charge in [0.2, 0.25) is 11.8 Å². The van der Waals surface area contributed by atoms with Gasteiger partial charge in [-0.05, 0) is 87.9 Å². The summed E-state index contributed by atoms with van der Waals surface area (Å²) in [6, 6.07) is 13.5. The number of carbonyl (C=O) groups is 2. The topological polar surface area (TPSA) is 143 Å². The van der Waals surface area contributed by atoms with Gasteiger partial charge in [-0.25, -0.2) is 14.4 Å². The smallest absolute Gasteiger partial charge is 0.273 e. The summed E-state index contributed by atoms with van der Waals surface area (Å²) in [6.45, 7) is 3.83. The molecule has 2 amide bonds. The van der Waals surface area contributed by atoms with Crippen molar-refractivity contribution in [3.63, 3.8) is 0 Å². The van der Waals surface area contributed by atoms with E-state index in [9.17, 15) is 19.2 Å². The fourth-order valence-corrected chi connectivity index (χ4v) is 6.70. The van der Waals surface area contributed by atoms with E-state index in [1.165, 1.54) is 12.1 Å². The second-order valence-electron chi connectivity index (χ2n) is 12.0. The Morgan fingerprint density at radius 1 is 1.16 bits per heavy atom. The number of ether oxygens (including phenoxy) is 2. The van der Waals surface area contributed by atoms with Gasteiger partial charge in [0.05, 0.1) is 29.1 Å². The Morgan fingerprint density at radius 2 is 1.93 bits per heavy atom. The molecular formula is C33H35FN6O4. The third kappa shape index (κ3) is 5.89. The molecular weight excluding hydrogens is 563 g/mol. The average molecular weight is 599 g/mol. The van der Waals surface area contributed by atoms with Crippen LogP contribution in [0.5, 0.6) is 11.6 Å². The number of rotatable bonds is 9. The van der Waals surface area contributed by atoms with Crippen molar-refractivity contribution < 1.29 is 23.5 Å². The lowest BCUT2D eigenvalue weighted by Crippen LogP contribution is -2.65. The van der Waals surface area contributed by atoms with Gasteiger partial charge >= 0.3 is 0 Å². The van der Waals surface area contributed by atoms with E-state index in [2.05, 4.69) is 21.3 Å². The fourth-order valence-electron chi connectivity index (χ4n) is 6.70. The maximum Gasteiger partial charge on any atom is 0.273 e. The number of nitrogens with zero attached hydrogens (tertiary/aromatic N) is 4. The van der Waals surface area contributed by atoms with E-state index in [0.717, 1.165) is 31.6 Å². The Balaban J connectivity index is 1.17. The summed E-state index contributed by atoms with van der Waals surface area (Å²) >= 11 is 0. The monoisotopic (exact) mass is 598 g/mol. The lowest BCUT2D eigenvalue weighted by molar-refractivity contribution is -0.122. The summed E-state index contributed by atoms with van der Waals surface area (Å²) in [5.74, 6) is -0.376. The van der Waals surface area contributed by atoms with Crippen LogP contribution in [-0.2, 0) is 4.79 Å². The third-order valence-electron chi connectivity index (χ3n) is 8.95. The first-order chi connectivity index (χ1) is 21.3. The first kappa shape index (κ1) is 29.4. The van der Waals surface area contributed by atoms with E-state index < -0.39 is 5.82 Å². The zero-order chi connectivity index (χ0) is 30.8. The Labute approximate surface area is 255 Å². The van der Waals surface area contributed by atoms with Gasteiger partial charge in [0.25, 0.3) is 5.91 Å². The predicted molar refractivity (Wildman–Crippen MR) is 160 cm³/mol. The Bertz CT molecular complexity index is 1600. The van der Waals surface area contributed by atoms with Crippen LogP contribution in [-0.4, -0.2) is 53.6 Å². The van der Waals surface area contributed by atoms with Crippen LogP contribution >= 0.6 is 0 Å². The highest BCUT2D eigenvalue weighted by Crippen LogP contribution is 2.51. The highest BCUT2D eigenvalue weighted by Gasteiger charge is 2.54. The standard InChI is InChI=1S/C33H35FN6O4/c1-2-43-32-25(4-3-13-37-32)26-10-12-28(29(39-26)31(42)38-23-8-5-20(6-9-23)30(36)41)44-24-15-33(16-24)18-40(19-33)27-11-7-22(34)14-21(27)17-35/h3-4,7,10-14,20,23-24H,2,5-6,8-9,15-16,18-19H2,1H3,(H2,36,41)(H,38,42). The molecule has 3 aliphatic rings. The van der Waals surface area contributed by atoms with Crippen molar-refractivity contribution in [2.45, 2.75) is 57.6 Å². The SMILES string of the molecule is CCOc1ncccc1-c1ccc(OC2CC3(C2)CN(c2ccc(F)cc2C#N)C3)c(C(=O)NC2CCC(C(N)=O)CC2)n1. The molecule has 3 heterocycles. The number of anilines is 1. The molecule has 1 spiro atoms. The van der Waals surface area contributed by atoms with Crippen molar-refractivity contribution in [2.75, 3.05) is 24.6 Å². The van der Waals surface area contributed by atoms with E-state index >= 15 is 0 Å². The minimum Gasteiger partial charge on any atom is -0.488 e. The summed E-state index contributed by atoms with van der Waals surface area (Å²) in [7, 11) is 0. The van der Waals surface area contributed by atoms with Crippen LogP contribution in [0.25, 0.3) is 11.3 Å². The normalized spacial score (nSPS) is 20.6. The number of hydrogen-bond acceptors (Lipinski definition) is 8. The first-order valence-electron chi connectivity index (χ1n) is 15.1. The number of hydrogen-bond donors (Lipinski definition) is 2. The minimum absolute atomic E-state index is 0.0583. The summed E-state index contributed by atoms with van der Waals surface area (Å²) in [5, 5.41) is 12.5. The van der Waals surface area contributed by atoms with Crippen molar-refractivity contribution in [1.82, 2.24) is 15.3 Å². The van der Waals surface area contributed by atoms with Crippen LogP contribution in [0, 0.1) is 28.5 Å². The molecule has 2 aromatic heterocycles. The zero-order valence-corrected chi connectivity index (χ0v) is 24.6. The van der Waals surface area contributed by atoms with E-state index in [1.807, 2.05) is 13.0 Å². The molecule has 6 rings (SSSR count). The number of benzene rings is 1. The molecule has 44 heavy (non-hydrogen) atoms. The number of primary amides is 1. The highest BCUT2D eigenvalue weighted by molar-refractivity contribution is 5.96. The summed E-state index contributed by atoms with van der Waals surface area (Å²) in [6.07, 6.45) is 5.74. The number of nitrogens with two attached hydrogens (primary N) is 1. The molecule has 11 heteroatoms. The van der Waals surface area contributed by atoms with Crippen molar-refractivity contribution in [2.24, 2.45) is 17.1 Å². The van der Waals surface area contributed by atoms with Gasteiger partial charge in [-0.1, -0.05) is 0 Å². The molecule has 228 valence electrons. The Hall–Kier alpha value is -4.72. The molecule has 1 aliphatic heterocycles. The lowest BCUT2D eigenvalue weighted by Gasteiger charge is -2.59. The molecule has 0 atom stereocenters. The maximum atomic E-state index is 13.7. The number of halogens is 1. The van der Waals surface area contributed by atoms with Gasteiger partial charge in [-0.2, -0.15) is 5.26 Å². The second kappa shape index (κ2) is 12.1. The molecule has 0 radical (unpaired) electrons. The van der Waals surface area contributed by atoms with Crippen molar-refractivity contribution >= 4 is 17.5 Å². The van der Waals surface area contributed by atoms with Gasteiger partial charge in [0.1, 0.15) is 18.0 Å². The largest absolute Gasteiger partial charge is 0.488 e. The lowest BCUT2D eigenvalue weighted by atomic mass is 9.61. The summed E-state index contributed by atoms with van der Waals surface area (Å²) in [5.41, 5.74) is 8.03. The predicted octanol–water partition coefficient (Wildman–Crippen LogP) is 4.37. The fraction of sp³-hybridized carbons (Fsp3) is 0.424. The molecule has 0 bridgehead atoms. The van der Waals surface area contributed by atoms with E-state index in [0.29, 0.717) is 60.7 Å². The van der Waals surface area contributed by atoms with Crippen LogP contribution < -0.4 is 25.4 Å². The molecule has 1 aromatic carbocycles. The van der Waals surface area contributed by atoms with Gasteiger partial charge in [0.15, 0.2) is 11.4 Å². The minimum atomic E-state index is -0.423. The summed E-state index contributed by atoms with van der Waals surface area (Å²) in [4.78, 5) is 36.4. The van der Waals surface area contributed by atoms with E-state index in [4.69, 9.17) is 20.2 Å². The third-order valence-corrected chi connectivity index (χ3v) is 8.95. The molecule has 2 aliphatic carbocycles. The van der Waals surface area contributed by atoms with E-state index in [-0.39, 0.29) is 41.0 Å². The van der Waals surface area contributed by atoms with Crippen molar-refractivity contribution in [3.05, 3.63) is 65.7 Å². The van der Waals surface area contributed by atoms with Crippen molar-refractivity contribution in [1.29, 1.82) is 5.26 Å². The van der Waals surface area contributed by atoms with E-state index in [1.54, 1.807) is 30.5 Å². The van der Waals surface area contributed by atoms with Crippen LogP contribution in [0.2, 0.25) is 0 Å². The average Bonchev–Trinajstić information content (AvgIpc) is 2.98. The van der Waals surface area contributed by atoms with Crippen LogP contribution in [0.15, 0.2) is 48.7 Å². The van der Waals surface area contributed by atoms with Gasteiger partial charge in [-0.3, -0.25) is 9.59 Å². The second-order valence-corrected chi connectivity index (χ2v) is 12.0. The Morgan fingerprint density at radius 3 is 2.64 bits per heavy atom. The molecule has 3 aromatic rings. The molecule has 2 saturated carbocycles. The molecule has 1 saturated heterocycles. The van der Waals surface area contributed by atoms with Gasteiger partial charge in [-0.15, -0.1) is 0 Å². The number of aromatic nitrogens is 2. The number of amides is 2. The number of carbonyl (C=O) groups excluding carboxylic acids is 2. The molecule has 10 nitrogen and oxygen atoms in total. The van der Waals surface area contributed by atoms with Crippen LogP contribution in [0.3, 0.4) is 0 Å². The zero-order valence-electron chi connectivity index (χ0n) is 24.6. The van der Waals surface area contributed by atoms with Crippen LogP contribution in [0.4, 0.5) is 10.1 Å². The first-order valence-corrected chi connectivity index (χ1v) is 15.1. The Kier molecular flexibility index (Phi) is 8.08. The summed E-state index contributed by atoms with van der Waals surface area (Å²) < 4.78 is 25.7. The molecule has 3 fully saturated rings. The quantitative estimate of drug-likeness (QED) is 0.370. The van der Waals surface area contributed by atoms with Crippen LogP contribution in [0.1, 0.15) is 61.5 Å². The number of nitrogens with one attached hydrogen (secondary N) is 1. The maximum absolute atomic E-state index is 13.7. The highest BCUT2D eigenvalue weighted by atomic mass is 19.1. The molecule has 0 unspecified atom stereocenters. The van der Waals surface area contributed by atoms with Crippen molar-refractivity contribution in [3.8, 4) is 29.0 Å². The van der Waals surface area contributed by atoms with Gasteiger partial charge < -0.3 is 25.4 Å². The van der Waals surface area contributed by atoms with Gasteiger partial charge in [0, 0.05) is 36.7 Å².